The molecule has 0 N–H and O–H groups in total. The average molecular weight is 579 g/mol. The van der Waals surface area contributed by atoms with Gasteiger partial charge in [-0.1, -0.05) is 72.8 Å². The van der Waals surface area contributed by atoms with Gasteiger partial charge in [0.05, 0.1) is 33.1 Å². The summed E-state index contributed by atoms with van der Waals surface area (Å²) >= 11 is 1.79. The summed E-state index contributed by atoms with van der Waals surface area (Å²) in [5.41, 5.74) is 8.47. The second-order valence-electron chi connectivity index (χ2n) is 10.4. The highest BCUT2D eigenvalue weighted by atomic mass is 32.1. The molecule has 1 heterocycles. The maximum absolute atomic E-state index is 9.53. The minimum atomic E-state index is 0.370. The molecular weight excluding hydrogens is 557 g/mol. The summed E-state index contributed by atoms with van der Waals surface area (Å²) in [6, 6.07) is 51.2. The van der Waals surface area contributed by atoms with Crippen molar-refractivity contribution < 1.29 is 0 Å². The number of benzene rings is 6. The highest BCUT2D eigenvalue weighted by Crippen LogP contribution is 2.45. The van der Waals surface area contributed by atoms with Gasteiger partial charge in [0, 0.05) is 26.8 Å². The molecule has 0 bridgehead atoms. The van der Waals surface area contributed by atoms with Crippen LogP contribution >= 0.6 is 11.3 Å². The fourth-order valence-electron chi connectivity index (χ4n) is 5.59. The molecule has 0 aliphatic heterocycles. The van der Waals surface area contributed by atoms with Crippen molar-refractivity contribution >= 4 is 48.6 Å². The van der Waals surface area contributed by atoms with Gasteiger partial charge in [-0.05, 0) is 82.9 Å². The molecule has 204 valence electrons. The molecule has 0 aliphatic carbocycles. The molecule has 5 heteroatoms. The van der Waals surface area contributed by atoms with Crippen LogP contribution in [0.1, 0.15) is 16.7 Å². The Morgan fingerprint density at radius 1 is 0.477 bits per heavy atom. The summed E-state index contributed by atoms with van der Waals surface area (Å²) in [5.74, 6) is 0. The van der Waals surface area contributed by atoms with Crippen molar-refractivity contribution in [1.29, 1.82) is 15.8 Å². The summed E-state index contributed by atoms with van der Waals surface area (Å²) in [5, 5.41) is 30.5. The van der Waals surface area contributed by atoms with E-state index < -0.39 is 0 Å². The Morgan fingerprint density at radius 2 is 1.05 bits per heavy atom. The molecule has 7 rings (SSSR count). The lowest BCUT2D eigenvalue weighted by molar-refractivity contribution is 1.30. The molecule has 0 aliphatic rings. The van der Waals surface area contributed by atoms with Crippen LogP contribution in [0, 0.1) is 34.0 Å². The summed E-state index contributed by atoms with van der Waals surface area (Å²) in [4.78, 5) is 2.28. The van der Waals surface area contributed by atoms with E-state index in [0.29, 0.717) is 16.7 Å². The normalized spacial score (nSPS) is 10.7. The van der Waals surface area contributed by atoms with E-state index >= 15 is 0 Å². The van der Waals surface area contributed by atoms with Gasteiger partial charge in [0.25, 0.3) is 0 Å². The first-order valence-electron chi connectivity index (χ1n) is 14.0. The van der Waals surface area contributed by atoms with Crippen LogP contribution in [0.5, 0.6) is 0 Å². The van der Waals surface area contributed by atoms with Crippen LogP contribution < -0.4 is 4.90 Å². The number of nitrogens with zero attached hydrogens (tertiary/aromatic N) is 4. The Kier molecular flexibility index (Phi) is 6.82. The monoisotopic (exact) mass is 578 g/mol. The van der Waals surface area contributed by atoms with Gasteiger partial charge in [-0.25, -0.2) is 0 Å². The number of fused-ring (bicyclic) bond motifs is 3. The highest BCUT2D eigenvalue weighted by Gasteiger charge is 2.18. The lowest BCUT2D eigenvalue weighted by Gasteiger charge is -2.26. The van der Waals surface area contributed by atoms with Gasteiger partial charge in [0.2, 0.25) is 0 Å². The largest absolute Gasteiger partial charge is 0.309 e. The number of hydrogen-bond acceptors (Lipinski definition) is 5. The molecule has 7 aromatic rings. The van der Waals surface area contributed by atoms with Gasteiger partial charge in [-0.3, -0.25) is 0 Å². The molecule has 0 fully saturated rings. The third kappa shape index (κ3) is 4.73. The molecule has 0 radical (unpaired) electrons. The van der Waals surface area contributed by atoms with Crippen molar-refractivity contribution in [2.75, 3.05) is 4.90 Å². The van der Waals surface area contributed by atoms with Crippen LogP contribution in [-0.2, 0) is 0 Å². The lowest BCUT2D eigenvalue weighted by Crippen LogP contribution is -2.10. The fourth-order valence-corrected chi connectivity index (χ4v) is 6.80. The van der Waals surface area contributed by atoms with Crippen LogP contribution in [0.3, 0.4) is 0 Å². The molecule has 1 aromatic heterocycles. The second-order valence-corrected chi connectivity index (χ2v) is 11.4. The Bertz CT molecular complexity index is 2290. The first-order chi connectivity index (χ1) is 21.7. The molecule has 44 heavy (non-hydrogen) atoms. The zero-order valence-corrected chi connectivity index (χ0v) is 24.2. The van der Waals surface area contributed by atoms with Crippen molar-refractivity contribution in [3.05, 3.63) is 150 Å². The molecule has 6 aromatic carbocycles. The summed E-state index contributed by atoms with van der Waals surface area (Å²) in [6.45, 7) is 0. The van der Waals surface area contributed by atoms with Crippen molar-refractivity contribution in [3.8, 4) is 40.5 Å². The van der Waals surface area contributed by atoms with Gasteiger partial charge in [-0.2, -0.15) is 15.8 Å². The first kappa shape index (κ1) is 26.7. The second kappa shape index (κ2) is 11.2. The number of hydrogen-bond donors (Lipinski definition) is 0. The van der Waals surface area contributed by atoms with Crippen LogP contribution in [-0.4, -0.2) is 0 Å². The first-order valence-corrected chi connectivity index (χ1v) is 14.8. The molecule has 0 saturated heterocycles. The zero-order chi connectivity index (χ0) is 30.0. The van der Waals surface area contributed by atoms with E-state index in [4.69, 9.17) is 0 Å². The number of nitriles is 3. The summed E-state index contributed by atoms with van der Waals surface area (Å²) < 4.78 is 2.45. The van der Waals surface area contributed by atoms with Crippen LogP contribution in [0.25, 0.3) is 42.4 Å². The molecular formula is C39H22N4S. The molecule has 0 atom stereocenters. The number of thiophene rings is 1. The fraction of sp³-hybridized carbons (Fsp3) is 0. The molecule has 0 spiro atoms. The smallest absolute Gasteiger partial charge is 0.101 e. The van der Waals surface area contributed by atoms with Gasteiger partial charge in [0.15, 0.2) is 0 Å². The van der Waals surface area contributed by atoms with Crippen molar-refractivity contribution in [3.63, 3.8) is 0 Å². The van der Waals surface area contributed by atoms with Crippen LogP contribution in [0.4, 0.5) is 17.1 Å². The van der Waals surface area contributed by atoms with Gasteiger partial charge in [0.1, 0.15) is 12.1 Å². The third-order valence-electron chi connectivity index (χ3n) is 7.82. The Morgan fingerprint density at radius 3 is 1.68 bits per heavy atom. The molecule has 0 unspecified atom stereocenters. The predicted molar refractivity (Wildman–Crippen MR) is 179 cm³/mol. The van der Waals surface area contributed by atoms with Crippen molar-refractivity contribution in [1.82, 2.24) is 0 Å². The van der Waals surface area contributed by atoms with E-state index in [2.05, 4.69) is 114 Å². The lowest BCUT2D eigenvalue weighted by atomic mass is 9.99. The van der Waals surface area contributed by atoms with Gasteiger partial charge < -0.3 is 4.90 Å². The average Bonchev–Trinajstić information content (AvgIpc) is 3.48. The Labute approximate surface area is 259 Å². The number of anilines is 3. The zero-order valence-electron chi connectivity index (χ0n) is 23.4. The third-order valence-corrected chi connectivity index (χ3v) is 9.03. The maximum Gasteiger partial charge on any atom is 0.101 e. The van der Waals surface area contributed by atoms with Crippen LogP contribution in [0.15, 0.2) is 133 Å². The SMILES string of the molecule is N#Cc1ccc(-c2ccc(N(c3ccc(-c4ccc(C#N)c(C#N)c4)cc3)c3cccc4c3sc3ccccc34)cc2)cc1. The van der Waals surface area contributed by atoms with E-state index in [1.807, 2.05) is 30.3 Å². The summed E-state index contributed by atoms with van der Waals surface area (Å²) in [7, 11) is 0. The van der Waals surface area contributed by atoms with Crippen molar-refractivity contribution in [2.45, 2.75) is 0 Å². The van der Waals surface area contributed by atoms with Crippen LogP contribution in [0.2, 0.25) is 0 Å². The molecule has 0 amide bonds. The van der Waals surface area contributed by atoms with Crippen molar-refractivity contribution in [2.24, 2.45) is 0 Å². The minimum Gasteiger partial charge on any atom is -0.309 e. The Hall–Kier alpha value is -6.19. The standard InChI is InChI=1S/C39H22N4S/c40-23-26-8-10-27(11-9-26)28-14-18-33(19-15-28)43(37-6-3-5-36-35-4-1-2-7-38(35)44-39(36)37)34-20-16-29(17-21-34)30-12-13-31(24-41)32(22-30)25-42/h1-22H. The Balaban J connectivity index is 1.35. The van der Waals surface area contributed by atoms with E-state index in [-0.39, 0.29) is 0 Å². The molecule has 0 saturated carbocycles. The molecule has 4 nitrogen and oxygen atoms in total. The van der Waals surface area contributed by atoms with Gasteiger partial charge >= 0.3 is 0 Å². The predicted octanol–water partition coefficient (Wildman–Crippen LogP) is 10.5. The van der Waals surface area contributed by atoms with E-state index in [1.165, 1.54) is 20.2 Å². The topological polar surface area (TPSA) is 74.6 Å². The van der Waals surface area contributed by atoms with Gasteiger partial charge in [-0.15, -0.1) is 11.3 Å². The maximum atomic E-state index is 9.53. The summed E-state index contributed by atoms with van der Waals surface area (Å²) in [6.07, 6.45) is 0. The number of rotatable bonds is 5. The van der Waals surface area contributed by atoms with E-state index in [1.54, 1.807) is 23.5 Å². The van der Waals surface area contributed by atoms with E-state index in [0.717, 1.165) is 39.3 Å². The minimum absolute atomic E-state index is 0.370. The van der Waals surface area contributed by atoms with E-state index in [9.17, 15) is 15.8 Å². The highest BCUT2D eigenvalue weighted by molar-refractivity contribution is 7.26. The quantitative estimate of drug-likeness (QED) is 0.204.